The molecule has 5 heteroatoms. The van der Waals surface area contributed by atoms with Gasteiger partial charge in [0.15, 0.2) is 0 Å². The van der Waals surface area contributed by atoms with Crippen molar-refractivity contribution in [2.24, 2.45) is 0 Å². The maximum atomic E-state index is 10.6. The molecule has 0 saturated heterocycles. The lowest BCUT2D eigenvalue weighted by Crippen LogP contribution is -2.00. The molecule has 0 rings (SSSR count). The summed E-state index contributed by atoms with van der Waals surface area (Å²) in [7, 11) is 0. The van der Waals surface area contributed by atoms with Gasteiger partial charge in [-0.2, -0.15) is 0 Å². The second-order valence-electron chi connectivity index (χ2n) is 3.34. The highest BCUT2D eigenvalue weighted by Crippen LogP contribution is 2.05. The lowest BCUT2D eigenvalue weighted by Gasteiger charge is -1.93. The Kier molecular flexibility index (Phi) is 8.28. The normalized spacial score (nSPS) is 12.4. The van der Waals surface area contributed by atoms with Crippen LogP contribution in [0.15, 0.2) is 36.1 Å². The van der Waals surface area contributed by atoms with Crippen LogP contribution >= 0.6 is 0 Å². The van der Waals surface area contributed by atoms with E-state index in [4.69, 9.17) is 5.11 Å². The molecule has 5 nitrogen and oxygen atoms in total. The summed E-state index contributed by atoms with van der Waals surface area (Å²) in [6.45, 7) is 2.03. The van der Waals surface area contributed by atoms with Crippen LogP contribution in [0.3, 0.4) is 0 Å². The smallest absolute Gasteiger partial charge is 0.307 e. The Balaban J connectivity index is 4.18. The predicted molar refractivity (Wildman–Crippen MR) is 65.1 cm³/mol. The van der Waals surface area contributed by atoms with E-state index in [1.54, 1.807) is 6.08 Å². The van der Waals surface area contributed by atoms with E-state index >= 15 is 0 Å². The molecule has 0 aromatic rings. The van der Waals surface area contributed by atoms with Crippen molar-refractivity contribution in [2.45, 2.75) is 32.6 Å². The van der Waals surface area contributed by atoms with E-state index in [1.807, 2.05) is 25.2 Å². The molecule has 0 fully saturated rings. The number of rotatable bonds is 8. The molecule has 0 aliphatic heterocycles. The van der Waals surface area contributed by atoms with Crippen LogP contribution in [-0.4, -0.2) is 16.0 Å². The molecule has 0 saturated carbocycles. The Hall–Kier alpha value is -1.91. The van der Waals surface area contributed by atoms with Crippen LogP contribution in [0.5, 0.6) is 0 Å². The fourth-order valence-electron chi connectivity index (χ4n) is 1.08. The first-order valence-corrected chi connectivity index (χ1v) is 5.43. The average molecular weight is 239 g/mol. The van der Waals surface area contributed by atoms with Crippen molar-refractivity contribution in [3.8, 4) is 0 Å². The van der Waals surface area contributed by atoms with Gasteiger partial charge in [-0.05, 0) is 12.8 Å². The summed E-state index contributed by atoms with van der Waals surface area (Å²) < 4.78 is 0. The van der Waals surface area contributed by atoms with Crippen molar-refractivity contribution in [2.75, 3.05) is 0 Å². The maximum Gasteiger partial charge on any atom is 0.307 e. The Morgan fingerprint density at radius 2 is 1.88 bits per heavy atom. The van der Waals surface area contributed by atoms with Gasteiger partial charge in [0, 0.05) is 6.08 Å². The molecule has 0 spiro atoms. The van der Waals surface area contributed by atoms with Crippen molar-refractivity contribution in [1.82, 2.24) is 0 Å². The van der Waals surface area contributed by atoms with Gasteiger partial charge in [-0.25, -0.2) is 0 Å². The van der Waals surface area contributed by atoms with Crippen LogP contribution in [0.25, 0.3) is 0 Å². The Morgan fingerprint density at radius 3 is 2.41 bits per heavy atom. The van der Waals surface area contributed by atoms with Crippen molar-refractivity contribution in [3.63, 3.8) is 0 Å². The van der Waals surface area contributed by atoms with Gasteiger partial charge in [-0.1, -0.05) is 31.2 Å². The average Bonchev–Trinajstić information content (AvgIpc) is 2.26. The minimum absolute atomic E-state index is 0.0804. The molecule has 0 heterocycles. The number of aliphatic carboxylic acids is 1. The highest BCUT2D eigenvalue weighted by molar-refractivity contribution is 5.68. The van der Waals surface area contributed by atoms with E-state index in [2.05, 4.69) is 0 Å². The largest absolute Gasteiger partial charge is 0.481 e. The maximum absolute atomic E-state index is 10.6. The molecule has 0 unspecified atom stereocenters. The van der Waals surface area contributed by atoms with Crippen LogP contribution in [-0.2, 0) is 4.79 Å². The lowest BCUT2D eigenvalue weighted by atomic mass is 10.2. The SMILES string of the molecule is CCC=CCC=CCC(=CCC(=O)O)[N+](=O)[O-]. The van der Waals surface area contributed by atoms with Gasteiger partial charge >= 0.3 is 5.97 Å². The third kappa shape index (κ3) is 9.04. The zero-order valence-corrected chi connectivity index (χ0v) is 9.83. The number of allylic oxidation sites excluding steroid dienone is 4. The molecule has 94 valence electrons. The highest BCUT2D eigenvalue weighted by atomic mass is 16.6. The van der Waals surface area contributed by atoms with Crippen LogP contribution in [0, 0.1) is 10.1 Å². The van der Waals surface area contributed by atoms with E-state index < -0.39 is 10.9 Å². The number of carbonyl (C=O) groups is 1. The number of carboxylic acids is 1. The summed E-state index contributed by atoms with van der Waals surface area (Å²) in [5, 5.41) is 19.0. The van der Waals surface area contributed by atoms with Gasteiger partial charge in [0.25, 0.3) is 0 Å². The van der Waals surface area contributed by atoms with E-state index in [-0.39, 0.29) is 18.5 Å². The Bertz CT molecular complexity index is 342. The van der Waals surface area contributed by atoms with Gasteiger partial charge < -0.3 is 5.11 Å². The molecular formula is C12H17NO4. The molecule has 0 atom stereocenters. The van der Waals surface area contributed by atoms with Crippen molar-refractivity contribution in [3.05, 3.63) is 46.2 Å². The number of nitrogens with zero attached hydrogens (tertiary/aromatic N) is 1. The van der Waals surface area contributed by atoms with Crippen molar-refractivity contribution < 1.29 is 14.8 Å². The van der Waals surface area contributed by atoms with E-state index in [0.29, 0.717) is 0 Å². The fraction of sp³-hybridized carbons (Fsp3) is 0.417. The molecule has 0 radical (unpaired) electrons. The van der Waals surface area contributed by atoms with Gasteiger partial charge in [-0.15, -0.1) is 0 Å². The monoisotopic (exact) mass is 239 g/mol. The van der Waals surface area contributed by atoms with Crippen LogP contribution in [0.4, 0.5) is 0 Å². The summed E-state index contributed by atoms with van der Waals surface area (Å²) in [6.07, 6.45) is 10.2. The minimum atomic E-state index is -1.07. The van der Waals surface area contributed by atoms with E-state index in [0.717, 1.165) is 18.9 Å². The van der Waals surface area contributed by atoms with Crippen LogP contribution < -0.4 is 0 Å². The second kappa shape index (κ2) is 9.33. The van der Waals surface area contributed by atoms with Gasteiger partial charge in [0.1, 0.15) is 0 Å². The summed E-state index contributed by atoms with van der Waals surface area (Å²) in [6, 6.07) is 0. The molecule has 17 heavy (non-hydrogen) atoms. The summed E-state index contributed by atoms with van der Waals surface area (Å²) in [4.78, 5) is 20.3. The van der Waals surface area contributed by atoms with Crippen LogP contribution in [0.1, 0.15) is 32.6 Å². The van der Waals surface area contributed by atoms with Gasteiger partial charge in [0.05, 0.1) is 17.8 Å². The Labute approximate surface area is 100 Å². The first-order chi connectivity index (χ1) is 8.07. The first kappa shape index (κ1) is 15.1. The van der Waals surface area contributed by atoms with E-state index in [9.17, 15) is 14.9 Å². The third-order valence-corrected chi connectivity index (χ3v) is 1.92. The van der Waals surface area contributed by atoms with Gasteiger partial charge in [0.2, 0.25) is 5.70 Å². The third-order valence-electron chi connectivity index (χ3n) is 1.92. The van der Waals surface area contributed by atoms with Crippen molar-refractivity contribution >= 4 is 5.97 Å². The summed E-state index contributed by atoms with van der Waals surface area (Å²) in [5.41, 5.74) is -0.0804. The number of hydrogen-bond donors (Lipinski definition) is 1. The molecule has 0 aromatic heterocycles. The summed E-state index contributed by atoms with van der Waals surface area (Å²) in [5.74, 6) is -1.07. The fourth-order valence-corrected chi connectivity index (χ4v) is 1.08. The van der Waals surface area contributed by atoms with E-state index in [1.165, 1.54) is 0 Å². The standard InChI is InChI=1S/C12H17NO4/c1-2-3-4-5-6-7-8-11(13(16)17)9-10-12(14)15/h3-4,6-7,9H,2,5,8,10H2,1H3,(H,14,15). The van der Waals surface area contributed by atoms with Gasteiger partial charge in [-0.3, -0.25) is 14.9 Å². The Morgan fingerprint density at radius 1 is 1.24 bits per heavy atom. The zero-order chi connectivity index (χ0) is 13.1. The summed E-state index contributed by atoms with van der Waals surface area (Å²) >= 11 is 0. The molecule has 0 aliphatic rings. The predicted octanol–water partition coefficient (Wildman–Crippen LogP) is 2.92. The lowest BCUT2D eigenvalue weighted by molar-refractivity contribution is -0.427. The quantitative estimate of drug-likeness (QED) is 0.401. The molecule has 0 aliphatic carbocycles. The molecule has 0 aromatic carbocycles. The van der Waals surface area contributed by atoms with Crippen LogP contribution in [0.2, 0.25) is 0 Å². The number of hydrogen-bond acceptors (Lipinski definition) is 3. The molecular weight excluding hydrogens is 222 g/mol. The molecule has 0 amide bonds. The first-order valence-electron chi connectivity index (χ1n) is 5.43. The number of carboxylic acid groups (broad SMARTS) is 1. The molecule has 0 bridgehead atoms. The zero-order valence-electron chi connectivity index (χ0n) is 9.83. The molecule has 1 N–H and O–H groups in total. The number of nitro groups is 1. The van der Waals surface area contributed by atoms with Crippen molar-refractivity contribution in [1.29, 1.82) is 0 Å². The highest BCUT2D eigenvalue weighted by Gasteiger charge is 2.08. The second-order valence-corrected chi connectivity index (χ2v) is 3.34. The minimum Gasteiger partial charge on any atom is -0.481 e. The topological polar surface area (TPSA) is 80.4 Å².